The fourth-order valence-corrected chi connectivity index (χ4v) is 4.03. The Morgan fingerprint density at radius 1 is 1.19 bits per heavy atom. The summed E-state index contributed by atoms with van der Waals surface area (Å²) in [6.45, 7) is 0.537. The lowest BCUT2D eigenvalue weighted by molar-refractivity contribution is 0.410. The molecule has 0 atom stereocenters. The third-order valence-corrected chi connectivity index (χ3v) is 5.57. The lowest BCUT2D eigenvalue weighted by Crippen LogP contribution is -2.29. The van der Waals surface area contributed by atoms with E-state index in [1.165, 1.54) is 0 Å². The molecule has 0 saturated heterocycles. The summed E-state index contributed by atoms with van der Waals surface area (Å²) < 4.78 is 5.32. The van der Waals surface area contributed by atoms with Gasteiger partial charge in [0.2, 0.25) is 0 Å². The lowest BCUT2D eigenvalue weighted by Gasteiger charge is -2.19. The summed E-state index contributed by atoms with van der Waals surface area (Å²) in [5.41, 5.74) is 3.93. The van der Waals surface area contributed by atoms with Crippen LogP contribution in [0.4, 0.5) is 5.00 Å². The molecular formula is C20H16ClN3OS2. The third-order valence-electron chi connectivity index (χ3n) is 4.18. The molecule has 0 aliphatic carbocycles. The van der Waals surface area contributed by atoms with Gasteiger partial charge in [0.25, 0.3) is 0 Å². The molecule has 1 aliphatic rings. The van der Waals surface area contributed by atoms with Crippen molar-refractivity contribution < 1.29 is 4.74 Å². The van der Waals surface area contributed by atoms with Crippen LogP contribution in [0.25, 0.3) is 0 Å². The minimum Gasteiger partial charge on any atom is -0.497 e. The number of anilines is 1. The van der Waals surface area contributed by atoms with Crippen LogP contribution in [-0.4, -0.2) is 22.9 Å². The maximum absolute atomic E-state index is 6.06. The number of fused-ring (bicyclic) bond motifs is 1. The number of thiocarbonyl (C=S) groups is 1. The molecule has 1 aromatic heterocycles. The second-order valence-corrected chi connectivity index (χ2v) is 7.70. The van der Waals surface area contributed by atoms with E-state index in [2.05, 4.69) is 11.4 Å². The summed E-state index contributed by atoms with van der Waals surface area (Å²) in [4.78, 5) is 0. The number of benzene rings is 2. The second-order valence-electron chi connectivity index (χ2n) is 5.96. The highest BCUT2D eigenvalue weighted by molar-refractivity contribution is 7.80. The molecule has 2 aromatic carbocycles. The molecule has 0 fully saturated rings. The van der Waals surface area contributed by atoms with E-state index in [4.69, 9.17) is 33.7 Å². The highest BCUT2D eigenvalue weighted by Crippen LogP contribution is 2.30. The molecule has 4 nitrogen and oxygen atoms in total. The SMILES string of the molecule is COc1cccc(CN2N=C(c3ccc(Cl)cc3)c3ccsc3NC2=S)c1. The number of nitrogens with zero attached hydrogens (tertiary/aromatic N) is 2. The van der Waals surface area contributed by atoms with E-state index in [0.717, 1.165) is 33.2 Å². The van der Waals surface area contributed by atoms with Crippen molar-refractivity contribution in [2.24, 2.45) is 5.10 Å². The van der Waals surface area contributed by atoms with Gasteiger partial charge >= 0.3 is 0 Å². The molecule has 0 amide bonds. The van der Waals surface area contributed by atoms with Crippen molar-refractivity contribution >= 4 is 51.0 Å². The van der Waals surface area contributed by atoms with Crippen LogP contribution in [0.1, 0.15) is 16.7 Å². The summed E-state index contributed by atoms with van der Waals surface area (Å²) in [5.74, 6) is 0.808. The van der Waals surface area contributed by atoms with Gasteiger partial charge in [-0.3, -0.25) is 0 Å². The molecule has 0 spiro atoms. The fraction of sp³-hybridized carbons (Fsp3) is 0.100. The van der Waals surface area contributed by atoms with Crippen LogP contribution in [0.15, 0.2) is 65.1 Å². The van der Waals surface area contributed by atoms with E-state index < -0.39 is 0 Å². The number of hydrogen-bond donors (Lipinski definition) is 1. The fourth-order valence-electron chi connectivity index (χ4n) is 2.85. The standard InChI is InChI=1S/C20H16ClN3OS2/c1-25-16-4-2-3-13(11-16)12-24-20(26)22-19-17(9-10-27-19)18(23-24)14-5-7-15(21)8-6-14/h2-11H,12H2,1H3,(H,22,26). The van der Waals surface area contributed by atoms with Crippen LogP contribution in [0, 0.1) is 0 Å². The van der Waals surface area contributed by atoms with Gasteiger partial charge in [-0.25, -0.2) is 5.01 Å². The molecule has 136 valence electrons. The molecule has 1 N–H and O–H groups in total. The number of halogens is 1. The van der Waals surface area contributed by atoms with Crippen LogP contribution >= 0.6 is 35.2 Å². The van der Waals surface area contributed by atoms with Crippen LogP contribution in [0.3, 0.4) is 0 Å². The summed E-state index contributed by atoms with van der Waals surface area (Å²) in [5, 5.41) is 14.3. The highest BCUT2D eigenvalue weighted by Gasteiger charge is 2.22. The highest BCUT2D eigenvalue weighted by atomic mass is 35.5. The molecule has 2 heterocycles. The minimum atomic E-state index is 0.537. The Hall–Kier alpha value is -2.41. The molecule has 0 radical (unpaired) electrons. The first-order valence-electron chi connectivity index (χ1n) is 8.28. The Bertz CT molecular complexity index is 1010. The Labute approximate surface area is 172 Å². The quantitative estimate of drug-likeness (QED) is 0.583. The molecule has 4 rings (SSSR count). The number of rotatable bonds is 4. The Kier molecular flexibility index (Phi) is 5.11. The molecule has 0 unspecified atom stereocenters. The van der Waals surface area contributed by atoms with E-state index in [0.29, 0.717) is 16.7 Å². The Morgan fingerprint density at radius 2 is 2.00 bits per heavy atom. The maximum atomic E-state index is 6.06. The van der Waals surface area contributed by atoms with E-state index in [1.54, 1.807) is 23.5 Å². The summed E-state index contributed by atoms with van der Waals surface area (Å²) in [6.07, 6.45) is 0. The van der Waals surface area contributed by atoms with Crippen molar-refractivity contribution in [1.82, 2.24) is 5.01 Å². The van der Waals surface area contributed by atoms with Gasteiger partial charge in [-0.2, -0.15) is 5.10 Å². The first kappa shape index (κ1) is 18.0. The largest absolute Gasteiger partial charge is 0.497 e. The van der Waals surface area contributed by atoms with Gasteiger partial charge in [0.05, 0.1) is 13.7 Å². The second kappa shape index (κ2) is 7.68. The van der Waals surface area contributed by atoms with Gasteiger partial charge < -0.3 is 10.1 Å². The van der Waals surface area contributed by atoms with Gasteiger partial charge in [0.1, 0.15) is 16.5 Å². The third kappa shape index (κ3) is 3.83. The van der Waals surface area contributed by atoms with Crippen LogP contribution in [-0.2, 0) is 6.54 Å². The van der Waals surface area contributed by atoms with Crippen molar-refractivity contribution in [3.63, 3.8) is 0 Å². The molecule has 0 saturated carbocycles. The van der Waals surface area contributed by atoms with Crippen LogP contribution < -0.4 is 10.1 Å². The van der Waals surface area contributed by atoms with E-state index in [9.17, 15) is 0 Å². The first-order valence-corrected chi connectivity index (χ1v) is 9.94. The number of nitrogens with one attached hydrogen (secondary N) is 1. The predicted octanol–water partition coefficient (Wildman–Crippen LogP) is 5.38. The monoisotopic (exact) mass is 413 g/mol. The van der Waals surface area contributed by atoms with Gasteiger partial charge in [0, 0.05) is 16.1 Å². The number of hydrogen-bond acceptors (Lipinski definition) is 4. The summed E-state index contributed by atoms with van der Waals surface area (Å²) in [6, 6.07) is 17.6. The van der Waals surface area contributed by atoms with Crippen LogP contribution in [0.2, 0.25) is 5.02 Å². The average Bonchev–Trinajstić information content (AvgIpc) is 3.09. The lowest BCUT2D eigenvalue weighted by atomic mass is 10.0. The molecule has 3 aromatic rings. The average molecular weight is 414 g/mol. The van der Waals surface area contributed by atoms with Crippen LogP contribution in [0.5, 0.6) is 5.75 Å². The minimum absolute atomic E-state index is 0.537. The van der Waals surface area contributed by atoms with Crippen molar-refractivity contribution in [1.29, 1.82) is 0 Å². The van der Waals surface area contributed by atoms with Crippen molar-refractivity contribution in [3.8, 4) is 5.75 Å². The number of ether oxygens (including phenoxy) is 1. The first-order chi connectivity index (χ1) is 13.1. The zero-order valence-corrected chi connectivity index (χ0v) is 16.9. The normalized spacial score (nSPS) is 13.5. The summed E-state index contributed by atoms with van der Waals surface area (Å²) in [7, 11) is 1.66. The Balaban J connectivity index is 1.75. The zero-order valence-electron chi connectivity index (χ0n) is 14.5. The maximum Gasteiger partial charge on any atom is 0.195 e. The molecule has 27 heavy (non-hydrogen) atoms. The topological polar surface area (TPSA) is 36.9 Å². The number of methoxy groups -OCH3 is 1. The Morgan fingerprint density at radius 3 is 2.78 bits per heavy atom. The van der Waals surface area contributed by atoms with Gasteiger partial charge in [0.15, 0.2) is 5.11 Å². The van der Waals surface area contributed by atoms with Crippen molar-refractivity contribution in [3.05, 3.63) is 81.7 Å². The predicted molar refractivity (Wildman–Crippen MR) is 116 cm³/mol. The van der Waals surface area contributed by atoms with Gasteiger partial charge in [-0.05, 0) is 53.5 Å². The zero-order chi connectivity index (χ0) is 18.8. The van der Waals surface area contributed by atoms with Crippen molar-refractivity contribution in [2.75, 3.05) is 12.4 Å². The van der Waals surface area contributed by atoms with E-state index in [1.807, 2.05) is 53.9 Å². The molecule has 1 aliphatic heterocycles. The van der Waals surface area contributed by atoms with E-state index >= 15 is 0 Å². The summed E-state index contributed by atoms with van der Waals surface area (Å²) >= 11 is 13.3. The van der Waals surface area contributed by atoms with E-state index in [-0.39, 0.29) is 0 Å². The molecule has 0 bridgehead atoms. The molecular weight excluding hydrogens is 398 g/mol. The van der Waals surface area contributed by atoms with Gasteiger partial charge in [-0.15, -0.1) is 11.3 Å². The number of hydrazone groups is 1. The smallest absolute Gasteiger partial charge is 0.195 e. The van der Waals surface area contributed by atoms with Crippen molar-refractivity contribution in [2.45, 2.75) is 6.54 Å². The number of thiophene rings is 1. The molecule has 7 heteroatoms. The van der Waals surface area contributed by atoms with Gasteiger partial charge in [-0.1, -0.05) is 35.9 Å².